The largest absolute Gasteiger partial charge is 0.341 e. The molecule has 0 fully saturated rings. The molecule has 0 atom stereocenters. The number of amides is 1. The van der Waals surface area contributed by atoms with Gasteiger partial charge < -0.3 is 4.90 Å². The van der Waals surface area contributed by atoms with Crippen molar-refractivity contribution in [2.45, 2.75) is 13.0 Å². The minimum atomic E-state index is 0.746. The molecule has 0 saturated heterocycles. The van der Waals surface area contributed by atoms with Crippen LogP contribution >= 0.6 is 0 Å². The predicted octanol–water partition coefficient (Wildman–Crippen LogP) is 1.00. The van der Waals surface area contributed by atoms with E-state index < -0.39 is 0 Å². The third kappa shape index (κ3) is 1.20. The van der Waals surface area contributed by atoms with Crippen LogP contribution < -0.4 is 0 Å². The molecule has 0 N–H and O–H groups in total. The molecule has 1 aromatic rings. The Morgan fingerprint density at radius 3 is 3.33 bits per heavy atom. The first-order valence-electron chi connectivity index (χ1n) is 4.08. The van der Waals surface area contributed by atoms with Gasteiger partial charge in [-0.3, -0.25) is 4.79 Å². The molecule has 2 nitrogen and oxygen atoms in total. The molecule has 1 aliphatic heterocycles. The number of benzene rings is 1. The van der Waals surface area contributed by atoms with E-state index >= 15 is 0 Å². The van der Waals surface area contributed by atoms with Crippen molar-refractivity contribution in [3.05, 3.63) is 35.4 Å². The Bertz CT molecular complexity index is 296. The minimum Gasteiger partial charge on any atom is -0.341 e. The lowest BCUT2D eigenvalue weighted by atomic mass is 10.0. The molecule has 0 saturated carbocycles. The highest BCUT2D eigenvalue weighted by atomic mass is 16.1. The van der Waals surface area contributed by atoms with Gasteiger partial charge in [0.1, 0.15) is 0 Å². The Kier molecular flexibility index (Phi) is 1.82. The van der Waals surface area contributed by atoms with Crippen LogP contribution in [0.25, 0.3) is 0 Å². The summed E-state index contributed by atoms with van der Waals surface area (Å²) in [6.07, 6.45) is 1.85. The number of nitrogens with zero attached hydrogens (tertiary/aromatic N) is 1. The fraction of sp³-hybridized carbons (Fsp3) is 0.300. The lowest BCUT2D eigenvalue weighted by molar-refractivity contribution is -0.118. The van der Waals surface area contributed by atoms with E-state index in [1.54, 1.807) is 4.90 Å². The van der Waals surface area contributed by atoms with E-state index in [2.05, 4.69) is 12.1 Å². The van der Waals surface area contributed by atoms with Gasteiger partial charge in [-0.2, -0.15) is 0 Å². The Balaban J connectivity index is 2.28. The van der Waals surface area contributed by atoms with E-state index in [9.17, 15) is 4.79 Å². The fourth-order valence-electron chi connectivity index (χ4n) is 1.53. The summed E-state index contributed by atoms with van der Waals surface area (Å²) < 4.78 is 0. The van der Waals surface area contributed by atoms with E-state index in [4.69, 9.17) is 0 Å². The second-order valence-electron chi connectivity index (χ2n) is 3.00. The van der Waals surface area contributed by atoms with Gasteiger partial charge in [0.2, 0.25) is 6.41 Å². The maximum absolute atomic E-state index is 10.5. The molecule has 1 amide bonds. The van der Waals surface area contributed by atoms with E-state index in [0.29, 0.717) is 0 Å². The molecular formula is C10H10NO. The highest BCUT2D eigenvalue weighted by molar-refractivity contribution is 5.49. The minimum absolute atomic E-state index is 0.746. The summed E-state index contributed by atoms with van der Waals surface area (Å²) >= 11 is 0. The smallest absolute Gasteiger partial charge is 0.210 e. The normalized spacial score (nSPS) is 15.5. The third-order valence-corrected chi connectivity index (χ3v) is 2.21. The predicted molar refractivity (Wildman–Crippen MR) is 45.5 cm³/mol. The van der Waals surface area contributed by atoms with Crippen LogP contribution in [0.5, 0.6) is 0 Å². The van der Waals surface area contributed by atoms with Gasteiger partial charge in [0.05, 0.1) is 0 Å². The van der Waals surface area contributed by atoms with Gasteiger partial charge >= 0.3 is 0 Å². The van der Waals surface area contributed by atoms with Crippen molar-refractivity contribution in [2.75, 3.05) is 6.54 Å². The number of carbonyl (C=O) groups excluding carboxylic acids is 1. The lowest BCUT2D eigenvalue weighted by Gasteiger charge is -2.24. The quantitative estimate of drug-likeness (QED) is 0.561. The van der Waals surface area contributed by atoms with Crippen molar-refractivity contribution in [2.24, 2.45) is 0 Å². The van der Waals surface area contributed by atoms with Gasteiger partial charge in [-0.15, -0.1) is 0 Å². The van der Waals surface area contributed by atoms with Crippen LogP contribution in [0.1, 0.15) is 11.1 Å². The molecule has 12 heavy (non-hydrogen) atoms. The van der Waals surface area contributed by atoms with Gasteiger partial charge in [-0.1, -0.05) is 18.2 Å². The highest BCUT2D eigenvalue weighted by Crippen LogP contribution is 2.16. The third-order valence-electron chi connectivity index (χ3n) is 2.21. The van der Waals surface area contributed by atoms with Crippen molar-refractivity contribution in [3.8, 4) is 0 Å². The van der Waals surface area contributed by atoms with E-state index in [1.165, 1.54) is 11.1 Å². The summed E-state index contributed by atoms with van der Waals surface area (Å²) in [4.78, 5) is 12.3. The zero-order chi connectivity index (χ0) is 8.39. The zero-order valence-electron chi connectivity index (χ0n) is 6.79. The summed E-state index contributed by atoms with van der Waals surface area (Å²) in [6.45, 7) is 1.58. The van der Waals surface area contributed by atoms with Crippen molar-refractivity contribution < 1.29 is 4.79 Å². The van der Waals surface area contributed by atoms with E-state index in [1.807, 2.05) is 12.1 Å². The Hall–Kier alpha value is -1.31. The van der Waals surface area contributed by atoms with Crippen LogP contribution in [-0.4, -0.2) is 17.9 Å². The van der Waals surface area contributed by atoms with Crippen LogP contribution in [0.4, 0.5) is 0 Å². The Morgan fingerprint density at radius 1 is 1.58 bits per heavy atom. The number of fused-ring (bicyclic) bond motifs is 1. The zero-order valence-corrected chi connectivity index (χ0v) is 6.79. The molecular weight excluding hydrogens is 150 g/mol. The first-order valence-corrected chi connectivity index (χ1v) is 4.08. The van der Waals surface area contributed by atoms with Gasteiger partial charge in [-0.05, 0) is 23.6 Å². The second-order valence-corrected chi connectivity index (χ2v) is 3.00. The molecule has 0 aliphatic carbocycles. The average molecular weight is 160 g/mol. The van der Waals surface area contributed by atoms with Crippen LogP contribution in [0, 0.1) is 6.07 Å². The second kappa shape index (κ2) is 2.97. The molecule has 1 aliphatic rings. The molecule has 0 unspecified atom stereocenters. The van der Waals surface area contributed by atoms with Crippen molar-refractivity contribution in [1.29, 1.82) is 0 Å². The number of hydrogen-bond acceptors (Lipinski definition) is 1. The summed E-state index contributed by atoms with van der Waals surface area (Å²) in [5.41, 5.74) is 2.49. The summed E-state index contributed by atoms with van der Waals surface area (Å²) in [5.74, 6) is 0. The van der Waals surface area contributed by atoms with Crippen molar-refractivity contribution >= 4 is 6.41 Å². The molecule has 2 heteroatoms. The summed E-state index contributed by atoms with van der Waals surface area (Å²) in [6, 6.07) is 9.14. The molecule has 1 aromatic carbocycles. The maximum atomic E-state index is 10.5. The molecule has 0 spiro atoms. The number of rotatable bonds is 1. The van der Waals surface area contributed by atoms with E-state index in [-0.39, 0.29) is 0 Å². The van der Waals surface area contributed by atoms with Crippen LogP contribution in [-0.2, 0) is 17.8 Å². The summed E-state index contributed by atoms with van der Waals surface area (Å²) in [7, 11) is 0. The lowest BCUT2D eigenvalue weighted by Crippen LogP contribution is -2.28. The SMILES string of the molecule is O=CN1CCc2[c]cccc2C1. The molecule has 61 valence electrons. The first-order chi connectivity index (χ1) is 5.90. The van der Waals surface area contributed by atoms with Crippen LogP contribution in [0.15, 0.2) is 18.2 Å². The van der Waals surface area contributed by atoms with Crippen molar-refractivity contribution in [3.63, 3.8) is 0 Å². The van der Waals surface area contributed by atoms with Crippen molar-refractivity contribution in [1.82, 2.24) is 4.90 Å². The number of carbonyl (C=O) groups is 1. The van der Waals surface area contributed by atoms with Crippen LogP contribution in [0.3, 0.4) is 0 Å². The van der Waals surface area contributed by atoms with E-state index in [0.717, 1.165) is 25.9 Å². The molecule has 0 aromatic heterocycles. The Labute approximate surface area is 71.8 Å². The van der Waals surface area contributed by atoms with Crippen LogP contribution in [0.2, 0.25) is 0 Å². The first kappa shape index (κ1) is 7.35. The highest BCUT2D eigenvalue weighted by Gasteiger charge is 2.13. The average Bonchev–Trinajstić information content (AvgIpc) is 2.17. The standard InChI is InChI=1S/C10H10NO/c12-8-11-6-5-9-3-1-2-4-10(9)7-11/h1-2,4,8H,5-7H2. The molecule has 1 radical (unpaired) electrons. The number of hydrogen-bond donors (Lipinski definition) is 0. The maximum Gasteiger partial charge on any atom is 0.210 e. The van der Waals surface area contributed by atoms with Gasteiger partial charge in [0.25, 0.3) is 0 Å². The van der Waals surface area contributed by atoms with Gasteiger partial charge in [0, 0.05) is 13.1 Å². The monoisotopic (exact) mass is 160 g/mol. The molecule has 1 heterocycles. The topological polar surface area (TPSA) is 20.3 Å². The molecule has 2 rings (SSSR count). The summed E-state index contributed by atoms with van der Waals surface area (Å²) in [5, 5.41) is 0. The van der Waals surface area contributed by atoms with Gasteiger partial charge in [-0.25, -0.2) is 0 Å². The van der Waals surface area contributed by atoms with Gasteiger partial charge in [0.15, 0.2) is 0 Å². The Morgan fingerprint density at radius 2 is 2.50 bits per heavy atom. The molecule has 0 bridgehead atoms. The fourth-order valence-corrected chi connectivity index (χ4v) is 1.53.